The molecule has 12 nitrogen and oxygen atoms in total. The molecule has 0 saturated carbocycles. The molecule has 0 radical (unpaired) electrons. The van der Waals surface area contributed by atoms with Crippen molar-refractivity contribution in [3.8, 4) is 11.1 Å². The van der Waals surface area contributed by atoms with Gasteiger partial charge < -0.3 is 11.5 Å². The summed E-state index contributed by atoms with van der Waals surface area (Å²) in [6.07, 6.45) is 0.923. The zero-order valence-corrected chi connectivity index (χ0v) is 20.8. The van der Waals surface area contributed by atoms with Crippen molar-refractivity contribution in [3.05, 3.63) is 35.9 Å². The summed E-state index contributed by atoms with van der Waals surface area (Å²) in [6.45, 7) is 0.319. The van der Waals surface area contributed by atoms with Crippen molar-refractivity contribution in [2.24, 2.45) is 26.1 Å². The van der Waals surface area contributed by atoms with Gasteiger partial charge in [0.1, 0.15) is 9.79 Å². The molecule has 3 aromatic rings. The van der Waals surface area contributed by atoms with Gasteiger partial charge in [0.05, 0.1) is 15.8 Å². The molecule has 5 rings (SSSR count). The second kappa shape index (κ2) is 8.69. The SMILES string of the molecule is Nc1nc2c(-c3ccc(S(=O)(=O)N4CCC(N)CC4)c(S(N)(=O)=O)c3C3=NCN=N3)cccc2s1. The highest BCUT2D eigenvalue weighted by Gasteiger charge is 2.37. The van der Waals surface area contributed by atoms with Gasteiger partial charge in [0, 0.05) is 24.7 Å². The number of rotatable bonds is 5. The summed E-state index contributed by atoms with van der Waals surface area (Å²) < 4.78 is 55.2. The fourth-order valence-corrected chi connectivity index (χ4v) is 8.10. The summed E-state index contributed by atoms with van der Waals surface area (Å²) in [5.74, 6) is -0.0260. The number of hydrogen-bond acceptors (Lipinski definition) is 11. The molecule has 35 heavy (non-hydrogen) atoms. The van der Waals surface area contributed by atoms with E-state index in [4.69, 9.17) is 16.6 Å². The molecule has 15 heteroatoms. The Morgan fingerprint density at radius 3 is 2.43 bits per heavy atom. The summed E-state index contributed by atoms with van der Waals surface area (Å²) in [4.78, 5) is 7.56. The predicted molar refractivity (Wildman–Crippen MR) is 133 cm³/mol. The fraction of sp³-hybridized carbons (Fsp3) is 0.300. The predicted octanol–water partition coefficient (Wildman–Crippen LogP) is 1.47. The Morgan fingerprint density at radius 2 is 1.77 bits per heavy atom. The Balaban J connectivity index is 1.82. The largest absolute Gasteiger partial charge is 0.375 e. The van der Waals surface area contributed by atoms with Crippen molar-refractivity contribution in [2.45, 2.75) is 28.7 Å². The van der Waals surface area contributed by atoms with E-state index in [2.05, 4.69) is 20.2 Å². The number of hydrogen-bond donors (Lipinski definition) is 3. The van der Waals surface area contributed by atoms with Crippen LogP contribution in [0.2, 0.25) is 0 Å². The van der Waals surface area contributed by atoms with Gasteiger partial charge in [-0.1, -0.05) is 29.5 Å². The van der Waals surface area contributed by atoms with Crippen LogP contribution in [0.1, 0.15) is 18.4 Å². The number of para-hydroxylation sites is 1. The van der Waals surface area contributed by atoms with Gasteiger partial charge in [-0.05, 0) is 30.5 Å². The molecular formula is C20H22N8O4S3. The number of sulfonamides is 2. The van der Waals surface area contributed by atoms with Gasteiger partial charge in [-0.2, -0.15) is 9.42 Å². The lowest BCUT2D eigenvalue weighted by Gasteiger charge is -2.30. The van der Waals surface area contributed by atoms with Gasteiger partial charge in [0.25, 0.3) is 0 Å². The molecule has 0 amide bonds. The second-order valence-electron chi connectivity index (χ2n) is 8.17. The van der Waals surface area contributed by atoms with Crippen molar-refractivity contribution in [2.75, 3.05) is 25.5 Å². The average molecular weight is 535 g/mol. The van der Waals surface area contributed by atoms with E-state index >= 15 is 0 Å². The lowest BCUT2D eigenvalue weighted by molar-refractivity contribution is 0.319. The normalized spacial score (nSPS) is 17.8. The van der Waals surface area contributed by atoms with E-state index in [1.54, 1.807) is 12.1 Å². The van der Waals surface area contributed by atoms with Crippen molar-refractivity contribution in [1.82, 2.24) is 9.29 Å². The zero-order valence-electron chi connectivity index (χ0n) is 18.3. The second-order valence-corrected chi connectivity index (χ2v) is 12.6. The van der Waals surface area contributed by atoms with E-state index in [1.165, 1.54) is 27.8 Å². The first-order chi connectivity index (χ1) is 16.6. The maximum Gasteiger partial charge on any atom is 0.244 e. The third kappa shape index (κ3) is 4.23. The van der Waals surface area contributed by atoms with Crippen LogP contribution in [0.5, 0.6) is 0 Å². The summed E-state index contributed by atoms with van der Waals surface area (Å²) in [5.41, 5.74) is 13.2. The maximum atomic E-state index is 13.6. The molecule has 2 aliphatic rings. The monoisotopic (exact) mass is 534 g/mol. The van der Waals surface area contributed by atoms with Crippen molar-refractivity contribution in [1.29, 1.82) is 0 Å². The van der Waals surface area contributed by atoms with Gasteiger partial charge in [0.15, 0.2) is 17.6 Å². The first kappa shape index (κ1) is 23.9. The van der Waals surface area contributed by atoms with Crippen LogP contribution >= 0.6 is 11.3 Å². The smallest absolute Gasteiger partial charge is 0.244 e. The Hall–Kier alpha value is -2.82. The Bertz CT molecular complexity index is 1600. The quantitative estimate of drug-likeness (QED) is 0.440. The first-order valence-corrected chi connectivity index (χ1v) is 14.4. The van der Waals surface area contributed by atoms with E-state index in [9.17, 15) is 16.8 Å². The third-order valence-electron chi connectivity index (χ3n) is 5.92. The minimum atomic E-state index is -4.57. The molecule has 0 aliphatic carbocycles. The number of fused-ring (bicyclic) bond motifs is 1. The molecule has 0 spiro atoms. The number of benzene rings is 2. The summed E-state index contributed by atoms with van der Waals surface area (Å²) in [5, 5.41) is 13.8. The number of primary sulfonamides is 1. The highest BCUT2D eigenvalue weighted by atomic mass is 32.2. The zero-order chi connectivity index (χ0) is 25.0. The van der Waals surface area contributed by atoms with Crippen LogP contribution in [0.3, 0.4) is 0 Å². The molecule has 0 unspecified atom stereocenters. The molecule has 0 bridgehead atoms. The van der Waals surface area contributed by atoms with Crippen LogP contribution in [0.25, 0.3) is 21.3 Å². The molecule has 1 saturated heterocycles. The average Bonchev–Trinajstić information content (AvgIpc) is 3.46. The summed E-state index contributed by atoms with van der Waals surface area (Å²) >= 11 is 1.27. The molecule has 2 aromatic carbocycles. The Morgan fingerprint density at radius 1 is 1.03 bits per heavy atom. The number of amidine groups is 1. The number of anilines is 1. The van der Waals surface area contributed by atoms with Gasteiger partial charge >= 0.3 is 0 Å². The summed E-state index contributed by atoms with van der Waals surface area (Å²) in [6, 6.07) is 8.00. The maximum absolute atomic E-state index is 13.6. The number of nitrogens with two attached hydrogens (primary N) is 3. The van der Waals surface area contributed by atoms with E-state index in [0.29, 0.717) is 34.6 Å². The van der Waals surface area contributed by atoms with E-state index in [0.717, 1.165) is 4.70 Å². The highest BCUT2D eigenvalue weighted by Crippen LogP contribution is 2.40. The Kier molecular flexibility index (Phi) is 5.93. The van der Waals surface area contributed by atoms with Crippen molar-refractivity contribution in [3.63, 3.8) is 0 Å². The molecular weight excluding hydrogens is 512 g/mol. The molecule has 184 valence electrons. The molecule has 1 aromatic heterocycles. The van der Waals surface area contributed by atoms with Crippen LogP contribution in [-0.4, -0.2) is 57.8 Å². The van der Waals surface area contributed by atoms with E-state index < -0.39 is 29.8 Å². The fourth-order valence-electron chi connectivity index (χ4n) is 4.29. The van der Waals surface area contributed by atoms with E-state index in [-0.39, 0.29) is 37.2 Å². The molecule has 3 heterocycles. The molecule has 6 N–H and O–H groups in total. The number of thiazole rings is 1. The van der Waals surface area contributed by atoms with Gasteiger partial charge in [-0.3, -0.25) is 0 Å². The number of aromatic nitrogens is 1. The van der Waals surface area contributed by atoms with Crippen LogP contribution in [-0.2, 0) is 20.0 Å². The number of piperidine rings is 1. The lowest BCUT2D eigenvalue weighted by Crippen LogP contribution is -2.43. The third-order valence-corrected chi connectivity index (χ3v) is 9.83. The minimum Gasteiger partial charge on any atom is -0.375 e. The topological polar surface area (TPSA) is 200 Å². The first-order valence-electron chi connectivity index (χ1n) is 10.6. The molecule has 2 aliphatic heterocycles. The summed E-state index contributed by atoms with van der Waals surface area (Å²) in [7, 11) is -8.80. The number of nitrogens with zero attached hydrogens (tertiary/aromatic N) is 5. The van der Waals surface area contributed by atoms with Gasteiger partial charge in [-0.15, -0.1) is 5.11 Å². The van der Waals surface area contributed by atoms with Crippen LogP contribution in [0.15, 0.2) is 55.3 Å². The standard InChI is InChI=1S/C20H22N8O4S3/c21-11-6-8-28(9-7-11)35(31,32)15-5-4-12(13-2-1-3-14-17(13)26-20(22)33-14)16(18(15)34(23,29)30)19-24-10-25-27-19/h1-5,11H,6-10,21H2,(H2,22,26)(H2,23,29,30). The Labute approximate surface area is 205 Å². The van der Waals surface area contributed by atoms with Crippen molar-refractivity contribution >= 4 is 52.6 Å². The minimum absolute atomic E-state index is 0.0202. The van der Waals surface area contributed by atoms with E-state index in [1.807, 2.05) is 6.07 Å². The van der Waals surface area contributed by atoms with Crippen LogP contribution in [0, 0.1) is 0 Å². The van der Waals surface area contributed by atoms with Crippen molar-refractivity contribution < 1.29 is 16.8 Å². The number of aliphatic imine (C=N–C) groups is 1. The molecule has 1 fully saturated rings. The van der Waals surface area contributed by atoms with Gasteiger partial charge in [-0.25, -0.2) is 32.0 Å². The number of nitrogen functional groups attached to an aromatic ring is 1. The van der Waals surface area contributed by atoms with Crippen LogP contribution < -0.4 is 16.6 Å². The molecule has 0 atom stereocenters. The lowest BCUT2D eigenvalue weighted by atomic mass is 9.98. The number of azo groups is 1. The van der Waals surface area contributed by atoms with Gasteiger partial charge in [0.2, 0.25) is 20.0 Å². The highest BCUT2D eigenvalue weighted by molar-refractivity contribution is 7.92. The van der Waals surface area contributed by atoms with Crippen LogP contribution in [0.4, 0.5) is 5.13 Å².